The van der Waals surface area contributed by atoms with Gasteiger partial charge in [-0.1, -0.05) is 37.3 Å². The summed E-state index contributed by atoms with van der Waals surface area (Å²) in [6.07, 6.45) is 1.56. The van der Waals surface area contributed by atoms with Gasteiger partial charge in [-0.2, -0.15) is 0 Å². The SMILES string of the molecule is CN(CC(C)(CO)CO)c1ncnc2scc(-c3ccccc3)c12. The second-order valence-corrected chi connectivity index (χ2v) is 7.23. The monoisotopic (exact) mass is 343 g/mol. The van der Waals surface area contributed by atoms with Crippen LogP contribution >= 0.6 is 11.3 Å². The molecule has 0 aliphatic carbocycles. The summed E-state index contributed by atoms with van der Waals surface area (Å²) in [6, 6.07) is 10.2. The molecule has 126 valence electrons. The van der Waals surface area contributed by atoms with Crippen molar-refractivity contribution in [3.63, 3.8) is 0 Å². The average Bonchev–Trinajstić information content (AvgIpc) is 3.06. The van der Waals surface area contributed by atoms with Gasteiger partial charge in [0, 0.05) is 30.0 Å². The van der Waals surface area contributed by atoms with Gasteiger partial charge in [-0.15, -0.1) is 11.3 Å². The van der Waals surface area contributed by atoms with Crippen molar-refractivity contribution >= 4 is 27.4 Å². The number of benzene rings is 1. The molecule has 0 saturated carbocycles. The van der Waals surface area contributed by atoms with Gasteiger partial charge in [0.25, 0.3) is 0 Å². The zero-order valence-electron chi connectivity index (χ0n) is 13.8. The highest BCUT2D eigenvalue weighted by molar-refractivity contribution is 7.17. The minimum absolute atomic E-state index is 0.0861. The molecule has 5 nitrogen and oxygen atoms in total. The first kappa shape index (κ1) is 16.8. The number of fused-ring (bicyclic) bond motifs is 1. The van der Waals surface area contributed by atoms with Crippen LogP contribution in [0.25, 0.3) is 21.3 Å². The largest absolute Gasteiger partial charge is 0.396 e. The standard InChI is InChI=1S/C18H21N3O2S/c1-18(10-22,11-23)9-21(2)16-15-14(13-6-4-3-5-7-13)8-24-17(15)20-12-19-16/h3-8,12,22-23H,9-11H2,1-2H3. The first-order chi connectivity index (χ1) is 11.6. The van der Waals surface area contributed by atoms with Crippen molar-refractivity contribution in [2.45, 2.75) is 6.92 Å². The van der Waals surface area contributed by atoms with Crippen LogP contribution in [0.3, 0.4) is 0 Å². The number of rotatable bonds is 6. The van der Waals surface area contributed by atoms with E-state index in [1.54, 1.807) is 17.7 Å². The Morgan fingerprint density at radius 3 is 2.50 bits per heavy atom. The molecule has 0 atom stereocenters. The molecule has 2 aromatic heterocycles. The summed E-state index contributed by atoms with van der Waals surface area (Å²) in [7, 11) is 1.93. The van der Waals surface area contributed by atoms with Crippen LogP contribution in [0.4, 0.5) is 5.82 Å². The fourth-order valence-electron chi connectivity index (χ4n) is 2.78. The predicted molar refractivity (Wildman–Crippen MR) is 98.4 cm³/mol. The molecule has 0 amide bonds. The smallest absolute Gasteiger partial charge is 0.141 e. The topological polar surface area (TPSA) is 69.5 Å². The Hall–Kier alpha value is -2.02. The van der Waals surface area contributed by atoms with Gasteiger partial charge in [0.15, 0.2) is 0 Å². The Bertz CT molecular complexity index is 816. The lowest BCUT2D eigenvalue weighted by Gasteiger charge is -2.31. The first-order valence-corrected chi connectivity index (χ1v) is 8.66. The quantitative estimate of drug-likeness (QED) is 0.720. The minimum Gasteiger partial charge on any atom is -0.396 e. The van der Waals surface area contributed by atoms with Gasteiger partial charge in [0.2, 0.25) is 0 Å². The number of aromatic nitrogens is 2. The number of hydrogen-bond acceptors (Lipinski definition) is 6. The van der Waals surface area contributed by atoms with Crippen LogP contribution in [-0.4, -0.2) is 47.0 Å². The maximum absolute atomic E-state index is 9.57. The molecule has 0 unspecified atom stereocenters. The molecule has 0 aliphatic heterocycles. The highest BCUT2D eigenvalue weighted by atomic mass is 32.1. The number of anilines is 1. The third-order valence-electron chi connectivity index (χ3n) is 4.18. The van der Waals surface area contributed by atoms with E-state index in [1.165, 1.54) is 0 Å². The van der Waals surface area contributed by atoms with Crippen molar-refractivity contribution in [3.05, 3.63) is 42.0 Å². The van der Waals surface area contributed by atoms with E-state index in [2.05, 4.69) is 27.5 Å². The molecule has 2 heterocycles. The van der Waals surface area contributed by atoms with Gasteiger partial charge >= 0.3 is 0 Å². The number of aliphatic hydroxyl groups excluding tert-OH is 2. The Morgan fingerprint density at radius 2 is 1.83 bits per heavy atom. The lowest BCUT2D eigenvalue weighted by Crippen LogP contribution is -2.39. The lowest BCUT2D eigenvalue weighted by atomic mass is 9.92. The number of nitrogens with zero attached hydrogens (tertiary/aromatic N) is 3. The molecule has 0 aliphatic rings. The third-order valence-corrected chi connectivity index (χ3v) is 5.07. The maximum Gasteiger partial charge on any atom is 0.141 e. The first-order valence-electron chi connectivity index (χ1n) is 7.78. The highest BCUT2D eigenvalue weighted by Gasteiger charge is 2.26. The van der Waals surface area contributed by atoms with E-state index in [0.717, 1.165) is 27.2 Å². The Morgan fingerprint density at radius 1 is 1.12 bits per heavy atom. The van der Waals surface area contributed by atoms with Crippen LogP contribution < -0.4 is 4.90 Å². The Labute approximate surface area is 145 Å². The summed E-state index contributed by atoms with van der Waals surface area (Å²) >= 11 is 1.59. The van der Waals surface area contributed by atoms with E-state index in [9.17, 15) is 10.2 Å². The molecule has 1 aromatic carbocycles. The maximum atomic E-state index is 9.57. The van der Waals surface area contributed by atoms with E-state index >= 15 is 0 Å². The van der Waals surface area contributed by atoms with E-state index in [4.69, 9.17) is 0 Å². The summed E-state index contributed by atoms with van der Waals surface area (Å²) in [6.45, 7) is 2.18. The average molecular weight is 343 g/mol. The summed E-state index contributed by atoms with van der Waals surface area (Å²) < 4.78 is 0. The molecule has 0 fully saturated rings. The van der Waals surface area contributed by atoms with E-state index in [-0.39, 0.29) is 13.2 Å². The molecule has 0 bridgehead atoms. The number of aliphatic hydroxyl groups is 2. The van der Waals surface area contributed by atoms with Gasteiger partial charge in [-0.25, -0.2) is 9.97 Å². The minimum atomic E-state index is -0.588. The van der Waals surface area contributed by atoms with Crippen molar-refractivity contribution in [2.24, 2.45) is 5.41 Å². The molecule has 2 N–H and O–H groups in total. The molecule has 0 radical (unpaired) electrons. The number of thiophene rings is 1. The van der Waals surface area contributed by atoms with E-state index in [1.807, 2.05) is 37.1 Å². The third kappa shape index (κ3) is 3.13. The zero-order chi connectivity index (χ0) is 17.2. The van der Waals surface area contributed by atoms with Gasteiger partial charge in [-0.05, 0) is 5.56 Å². The Balaban J connectivity index is 2.07. The van der Waals surface area contributed by atoms with Crippen molar-refractivity contribution in [2.75, 3.05) is 31.7 Å². The van der Waals surface area contributed by atoms with Crippen molar-refractivity contribution < 1.29 is 10.2 Å². The molecule has 6 heteroatoms. The fraction of sp³-hybridized carbons (Fsp3) is 0.333. The van der Waals surface area contributed by atoms with Crippen LogP contribution in [0.5, 0.6) is 0 Å². The summed E-state index contributed by atoms with van der Waals surface area (Å²) in [4.78, 5) is 11.8. The normalized spacial score (nSPS) is 11.8. The van der Waals surface area contributed by atoms with Crippen LogP contribution in [0.2, 0.25) is 0 Å². The molecular weight excluding hydrogens is 322 g/mol. The van der Waals surface area contributed by atoms with Crippen LogP contribution in [-0.2, 0) is 0 Å². The zero-order valence-corrected chi connectivity index (χ0v) is 14.6. The van der Waals surface area contributed by atoms with Gasteiger partial charge in [0.1, 0.15) is 17.0 Å². The second kappa shape index (κ2) is 6.84. The van der Waals surface area contributed by atoms with Crippen LogP contribution in [0.1, 0.15) is 6.92 Å². The van der Waals surface area contributed by atoms with E-state index < -0.39 is 5.41 Å². The molecule has 0 saturated heterocycles. The second-order valence-electron chi connectivity index (χ2n) is 6.38. The van der Waals surface area contributed by atoms with Crippen LogP contribution in [0, 0.1) is 5.41 Å². The van der Waals surface area contributed by atoms with Gasteiger partial charge < -0.3 is 15.1 Å². The van der Waals surface area contributed by atoms with Crippen molar-refractivity contribution in [3.8, 4) is 11.1 Å². The molecule has 3 rings (SSSR count). The predicted octanol–water partition coefficient (Wildman–Crippen LogP) is 2.79. The fourth-order valence-corrected chi connectivity index (χ4v) is 3.69. The van der Waals surface area contributed by atoms with Gasteiger partial charge in [0.05, 0.1) is 18.6 Å². The Kier molecular flexibility index (Phi) is 4.80. The summed E-state index contributed by atoms with van der Waals surface area (Å²) in [5.74, 6) is 0.813. The van der Waals surface area contributed by atoms with E-state index in [0.29, 0.717) is 6.54 Å². The molecule has 0 spiro atoms. The summed E-state index contributed by atoms with van der Waals surface area (Å²) in [5.41, 5.74) is 1.64. The summed E-state index contributed by atoms with van der Waals surface area (Å²) in [5, 5.41) is 22.2. The van der Waals surface area contributed by atoms with Crippen LogP contribution in [0.15, 0.2) is 42.0 Å². The van der Waals surface area contributed by atoms with Crippen molar-refractivity contribution in [1.29, 1.82) is 0 Å². The van der Waals surface area contributed by atoms with Crippen molar-refractivity contribution in [1.82, 2.24) is 9.97 Å². The molecule has 24 heavy (non-hydrogen) atoms. The number of hydrogen-bond donors (Lipinski definition) is 2. The highest BCUT2D eigenvalue weighted by Crippen LogP contribution is 2.37. The van der Waals surface area contributed by atoms with Gasteiger partial charge in [-0.3, -0.25) is 0 Å². The molecule has 3 aromatic rings. The lowest BCUT2D eigenvalue weighted by molar-refractivity contribution is 0.0762. The molecular formula is C18H21N3O2S.